The second-order valence-electron chi connectivity index (χ2n) is 4.41. The maximum absolute atomic E-state index is 11.7. The van der Waals surface area contributed by atoms with Crippen molar-refractivity contribution in [3.05, 3.63) is 29.8 Å². The maximum atomic E-state index is 11.7. The Kier molecular flexibility index (Phi) is 7.11. The molecule has 0 aliphatic carbocycles. The van der Waals surface area contributed by atoms with E-state index in [1.807, 2.05) is 24.3 Å². The summed E-state index contributed by atoms with van der Waals surface area (Å²) in [4.78, 5) is 23.5. The SMILES string of the molecule is CCSc1ccc(CNC(=O)C(N)CCC(N)=O)cc1. The van der Waals surface area contributed by atoms with Crippen molar-refractivity contribution in [2.24, 2.45) is 11.5 Å². The highest BCUT2D eigenvalue weighted by atomic mass is 32.2. The van der Waals surface area contributed by atoms with E-state index in [1.165, 1.54) is 4.90 Å². The lowest BCUT2D eigenvalue weighted by Gasteiger charge is -2.11. The molecule has 0 saturated heterocycles. The van der Waals surface area contributed by atoms with E-state index in [0.29, 0.717) is 6.54 Å². The molecule has 0 aliphatic rings. The Morgan fingerprint density at radius 2 is 1.95 bits per heavy atom. The zero-order valence-corrected chi connectivity index (χ0v) is 12.4. The van der Waals surface area contributed by atoms with Crippen LogP contribution in [0.4, 0.5) is 0 Å². The van der Waals surface area contributed by atoms with Crippen molar-refractivity contribution in [3.63, 3.8) is 0 Å². The first kappa shape index (κ1) is 16.5. The number of benzene rings is 1. The van der Waals surface area contributed by atoms with E-state index in [9.17, 15) is 9.59 Å². The predicted octanol–water partition coefficient (Wildman–Crippen LogP) is 1.01. The Bertz CT molecular complexity index is 448. The summed E-state index contributed by atoms with van der Waals surface area (Å²) < 4.78 is 0. The van der Waals surface area contributed by atoms with E-state index in [2.05, 4.69) is 12.2 Å². The van der Waals surface area contributed by atoms with Crippen LogP contribution in [0, 0.1) is 0 Å². The Hall–Kier alpha value is -1.53. The van der Waals surface area contributed by atoms with Crippen LogP contribution in [-0.4, -0.2) is 23.6 Å². The van der Waals surface area contributed by atoms with Gasteiger partial charge >= 0.3 is 0 Å². The summed E-state index contributed by atoms with van der Waals surface area (Å²) in [5.74, 6) is 0.320. The molecule has 0 saturated carbocycles. The van der Waals surface area contributed by atoms with Crippen LogP contribution < -0.4 is 16.8 Å². The number of hydrogen-bond acceptors (Lipinski definition) is 4. The topological polar surface area (TPSA) is 98.2 Å². The lowest BCUT2D eigenvalue weighted by molar-refractivity contribution is -0.123. The van der Waals surface area contributed by atoms with Crippen molar-refractivity contribution in [3.8, 4) is 0 Å². The monoisotopic (exact) mass is 295 g/mol. The smallest absolute Gasteiger partial charge is 0.237 e. The molecule has 5 N–H and O–H groups in total. The Morgan fingerprint density at radius 3 is 2.50 bits per heavy atom. The van der Waals surface area contributed by atoms with Gasteiger partial charge < -0.3 is 16.8 Å². The highest BCUT2D eigenvalue weighted by molar-refractivity contribution is 7.99. The van der Waals surface area contributed by atoms with Crippen LogP contribution in [0.3, 0.4) is 0 Å². The van der Waals surface area contributed by atoms with Gasteiger partial charge in [0.05, 0.1) is 6.04 Å². The quantitative estimate of drug-likeness (QED) is 0.623. The molecule has 110 valence electrons. The molecule has 0 bridgehead atoms. The van der Waals surface area contributed by atoms with Crippen molar-refractivity contribution in [2.45, 2.75) is 37.2 Å². The Balaban J connectivity index is 2.38. The van der Waals surface area contributed by atoms with Gasteiger partial charge in [0.2, 0.25) is 11.8 Å². The average Bonchev–Trinajstić information content (AvgIpc) is 2.44. The molecule has 0 radical (unpaired) electrons. The van der Waals surface area contributed by atoms with Crippen LogP contribution in [0.1, 0.15) is 25.3 Å². The summed E-state index contributed by atoms with van der Waals surface area (Å²) in [6.07, 6.45) is 0.394. The summed E-state index contributed by atoms with van der Waals surface area (Å²) in [5, 5.41) is 2.75. The number of amides is 2. The summed E-state index contributed by atoms with van der Waals surface area (Å²) >= 11 is 1.77. The van der Waals surface area contributed by atoms with Gasteiger partial charge in [0.15, 0.2) is 0 Å². The number of rotatable bonds is 8. The fourth-order valence-electron chi connectivity index (χ4n) is 1.62. The number of thioether (sulfide) groups is 1. The minimum atomic E-state index is -0.697. The number of primary amides is 1. The van der Waals surface area contributed by atoms with Crippen LogP contribution >= 0.6 is 11.8 Å². The van der Waals surface area contributed by atoms with E-state index in [4.69, 9.17) is 11.5 Å². The highest BCUT2D eigenvalue weighted by Gasteiger charge is 2.13. The van der Waals surface area contributed by atoms with Crippen molar-refractivity contribution >= 4 is 23.6 Å². The van der Waals surface area contributed by atoms with Crippen LogP contribution in [0.25, 0.3) is 0 Å². The standard InChI is InChI=1S/C14H21N3O2S/c1-2-20-11-5-3-10(4-6-11)9-17-14(19)12(15)7-8-13(16)18/h3-6,12H,2,7-9,15H2,1H3,(H2,16,18)(H,17,19). The van der Waals surface area contributed by atoms with Gasteiger partial charge in [0.25, 0.3) is 0 Å². The first-order valence-corrected chi connectivity index (χ1v) is 7.54. The third-order valence-electron chi connectivity index (χ3n) is 2.74. The summed E-state index contributed by atoms with van der Waals surface area (Å²) in [7, 11) is 0. The number of carbonyl (C=O) groups excluding carboxylic acids is 2. The molecule has 0 heterocycles. The molecule has 0 aliphatic heterocycles. The average molecular weight is 295 g/mol. The van der Waals surface area contributed by atoms with Gasteiger partial charge in [-0.05, 0) is 29.9 Å². The minimum absolute atomic E-state index is 0.123. The third-order valence-corrected chi connectivity index (χ3v) is 3.63. The molecule has 0 fully saturated rings. The van der Waals surface area contributed by atoms with Gasteiger partial charge in [0, 0.05) is 17.9 Å². The van der Waals surface area contributed by atoms with Gasteiger partial charge in [-0.15, -0.1) is 11.8 Å². The third kappa shape index (κ3) is 6.08. The maximum Gasteiger partial charge on any atom is 0.237 e. The molecule has 1 atom stereocenters. The van der Waals surface area contributed by atoms with Gasteiger partial charge in [-0.2, -0.15) is 0 Å². The zero-order valence-electron chi connectivity index (χ0n) is 11.6. The molecule has 0 aromatic heterocycles. The van der Waals surface area contributed by atoms with Crippen LogP contribution in [0.2, 0.25) is 0 Å². The molecule has 20 heavy (non-hydrogen) atoms. The fourth-order valence-corrected chi connectivity index (χ4v) is 2.28. The Morgan fingerprint density at radius 1 is 1.30 bits per heavy atom. The molecular formula is C14H21N3O2S. The molecule has 1 aromatic rings. The van der Waals surface area contributed by atoms with E-state index in [-0.39, 0.29) is 18.7 Å². The molecule has 2 amide bonds. The second kappa shape index (κ2) is 8.60. The summed E-state index contributed by atoms with van der Waals surface area (Å²) in [6.45, 7) is 2.53. The molecule has 5 nitrogen and oxygen atoms in total. The van der Waals surface area contributed by atoms with Gasteiger partial charge in [0.1, 0.15) is 0 Å². The number of nitrogens with one attached hydrogen (secondary N) is 1. The first-order chi connectivity index (χ1) is 9.52. The van der Waals surface area contributed by atoms with Crippen molar-refractivity contribution in [1.82, 2.24) is 5.32 Å². The minimum Gasteiger partial charge on any atom is -0.370 e. The summed E-state index contributed by atoms with van der Waals surface area (Å²) in [5.41, 5.74) is 11.7. The molecule has 0 spiro atoms. The number of nitrogens with two attached hydrogens (primary N) is 2. The van der Waals surface area contributed by atoms with Crippen molar-refractivity contribution < 1.29 is 9.59 Å². The highest BCUT2D eigenvalue weighted by Crippen LogP contribution is 2.17. The van der Waals surface area contributed by atoms with Crippen molar-refractivity contribution in [1.29, 1.82) is 0 Å². The van der Waals surface area contributed by atoms with E-state index >= 15 is 0 Å². The van der Waals surface area contributed by atoms with Crippen LogP contribution in [0.5, 0.6) is 0 Å². The number of hydrogen-bond donors (Lipinski definition) is 3. The molecular weight excluding hydrogens is 274 g/mol. The van der Waals surface area contributed by atoms with E-state index in [0.717, 1.165) is 11.3 Å². The van der Waals surface area contributed by atoms with Gasteiger partial charge in [-0.25, -0.2) is 0 Å². The van der Waals surface area contributed by atoms with E-state index in [1.54, 1.807) is 11.8 Å². The first-order valence-electron chi connectivity index (χ1n) is 6.56. The molecule has 6 heteroatoms. The number of carbonyl (C=O) groups is 2. The van der Waals surface area contributed by atoms with Crippen LogP contribution in [-0.2, 0) is 16.1 Å². The second-order valence-corrected chi connectivity index (χ2v) is 5.74. The van der Waals surface area contributed by atoms with E-state index < -0.39 is 11.9 Å². The Labute approximate surface area is 123 Å². The lowest BCUT2D eigenvalue weighted by Crippen LogP contribution is -2.40. The normalized spacial score (nSPS) is 11.9. The predicted molar refractivity (Wildman–Crippen MR) is 81.1 cm³/mol. The molecule has 1 unspecified atom stereocenters. The van der Waals surface area contributed by atoms with Gasteiger partial charge in [-0.1, -0.05) is 19.1 Å². The van der Waals surface area contributed by atoms with Crippen LogP contribution in [0.15, 0.2) is 29.2 Å². The molecule has 1 aromatic carbocycles. The lowest BCUT2D eigenvalue weighted by atomic mass is 10.1. The fraction of sp³-hybridized carbons (Fsp3) is 0.429. The molecule has 1 rings (SSSR count). The van der Waals surface area contributed by atoms with Crippen molar-refractivity contribution in [2.75, 3.05) is 5.75 Å². The zero-order chi connectivity index (χ0) is 15.0. The largest absolute Gasteiger partial charge is 0.370 e. The summed E-state index contributed by atoms with van der Waals surface area (Å²) in [6, 6.07) is 7.32. The van der Waals surface area contributed by atoms with Gasteiger partial charge in [-0.3, -0.25) is 9.59 Å².